The van der Waals surface area contributed by atoms with Crippen LogP contribution in [0, 0.1) is 0 Å². The molecule has 29 heavy (non-hydrogen) atoms. The summed E-state index contributed by atoms with van der Waals surface area (Å²) in [6.07, 6.45) is 1.90. The van der Waals surface area contributed by atoms with Crippen LogP contribution in [0.15, 0.2) is 39.9 Å². The summed E-state index contributed by atoms with van der Waals surface area (Å²) in [7, 11) is 1.29. The number of ether oxygens (including phenoxy) is 1. The molecule has 0 saturated heterocycles. The van der Waals surface area contributed by atoms with Crippen LogP contribution in [0.2, 0.25) is 0 Å². The summed E-state index contributed by atoms with van der Waals surface area (Å²) in [5.41, 5.74) is 0.694. The molecule has 7 nitrogen and oxygen atoms in total. The van der Waals surface area contributed by atoms with Crippen molar-refractivity contribution in [3.05, 3.63) is 61.6 Å². The van der Waals surface area contributed by atoms with E-state index in [9.17, 15) is 14.4 Å². The molecule has 1 aliphatic rings. The number of nitrogens with one attached hydrogen (secondary N) is 1. The van der Waals surface area contributed by atoms with Gasteiger partial charge in [-0.15, -0.1) is 11.3 Å². The van der Waals surface area contributed by atoms with E-state index >= 15 is 0 Å². The lowest BCUT2D eigenvalue weighted by Gasteiger charge is -2.23. The Labute approximate surface area is 171 Å². The number of hydrogen-bond donors (Lipinski definition) is 1. The van der Waals surface area contributed by atoms with Crippen molar-refractivity contribution in [3.8, 4) is 5.69 Å². The minimum absolute atomic E-state index is 0.218. The van der Waals surface area contributed by atoms with E-state index in [1.807, 2.05) is 6.07 Å². The normalized spacial score (nSPS) is 16.0. The van der Waals surface area contributed by atoms with E-state index in [0.29, 0.717) is 15.9 Å². The molecule has 0 bridgehead atoms. The quantitative estimate of drug-likeness (QED) is 0.625. The van der Waals surface area contributed by atoms with E-state index in [-0.39, 0.29) is 12.1 Å². The van der Waals surface area contributed by atoms with E-state index in [4.69, 9.17) is 4.74 Å². The third-order valence-corrected chi connectivity index (χ3v) is 6.68. The number of nitrogens with zero attached hydrogens (tertiary/aromatic N) is 2. The van der Waals surface area contributed by atoms with Crippen molar-refractivity contribution in [1.29, 1.82) is 0 Å². The van der Waals surface area contributed by atoms with E-state index < -0.39 is 11.7 Å². The highest BCUT2D eigenvalue weighted by molar-refractivity contribution is 7.18. The van der Waals surface area contributed by atoms with Crippen molar-refractivity contribution < 1.29 is 14.4 Å². The molecule has 0 spiro atoms. The topological polar surface area (TPSA) is 74.7 Å². The fraction of sp³-hybridized carbons (Fsp3) is 0.381. The average Bonchev–Trinajstić information content (AvgIpc) is 3.11. The maximum atomic E-state index is 13.4. The van der Waals surface area contributed by atoms with Gasteiger partial charge in [0.1, 0.15) is 17.9 Å². The number of carbonyl (C=O) groups excluding carboxylic acids is 1. The molecule has 4 rings (SSSR count). The SMILES string of the molecule is CCC[NH+]1CCc2c(sc3c2c(=O)n(-c2ccccc2)c(=O)n3CC(=O)OC)C1. The summed E-state index contributed by atoms with van der Waals surface area (Å²) >= 11 is 1.46. The molecule has 1 aliphatic heterocycles. The first-order valence-corrected chi connectivity index (χ1v) is 10.6. The summed E-state index contributed by atoms with van der Waals surface area (Å²) in [5.74, 6) is -0.517. The molecule has 0 amide bonds. The summed E-state index contributed by atoms with van der Waals surface area (Å²) < 4.78 is 7.36. The van der Waals surface area contributed by atoms with Crippen LogP contribution in [0.25, 0.3) is 15.9 Å². The van der Waals surface area contributed by atoms with Crippen LogP contribution in [0.3, 0.4) is 0 Å². The number of quaternary nitrogens is 1. The van der Waals surface area contributed by atoms with Crippen molar-refractivity contribution in [2.75, 3.05) is 20.2 Å². The zero-order valence-electron chi connectivity index (χ0n) is 16.6. The Morgan fingerprint density at radius 3 is 2.69 bits per heavy atom. The molecule has 0 saturated carbocycles. The highest BCUT2D eigenvalue weighted by Gasteiger charge is 2.28. The van der Waals surface area contributed by atoms with Gasteiger partial charge in [-0.3, -0.25) is 14.2 Å². The number of carbonyl (C=O) groups is 1. The highest BCUT2D eigenvalue weighted by Crippen LogP contribution is 2.30. The molecule has 1 atom stereocenters. The van der Waals surface area contributed by atoms with Crippen LogP contribution < -0.4 is 16.1 Å². The molecular formula is C21H24N3O4S+. The molecule has 1 aromatic carbocycles. The fourth-order valence-corrected chi connectivity index (χ4v) is 5.45. The molecule has 8 heteroatoms. The van der Waals surface area contributed by atoms with Gasteiger partial charge in [-0.1, -0.05) is 25.1 Å². The lowest BCUT2D eigenvalue weighted by molar-refractivity contribution is -0.915. The third-order valence-electron chi connectivity index (χ3n) is 5.43. The molecule has 152 valence electrons. The molecule has 1 N–H and O–H groups in total. The maximum Gasteiger partial charge on any atom is 0.337 e. The Kier molecular flexibility index (Phi) is 5.38. The second-order valence-corrected chi connectivity index (χ2v) is 8.37. The van der Waals surface area contributed by atoms with Crippen LogP contribution in [0.5, 0.6) is 0 Å². The van der Waals surface area contributed by atoms with Crippen LogP contribution in [0.4, 0.5) is 0 Å². The lowest BCUT2D eigenvalue weighted by Crippen LogP contribution is -3.11. The van der Waals surface area contributed by atoms with E-state index in [1.54, 1.807) is 24.3 Å². The molecule has 3 heterocycles. The zero-order valence-corrected chi connectivity index (χ0v) is 17.4. The standard InChI is InChI=1S/C21H23N3O4S/c1-3-10-22-11-9-15-16(12-22)29-20-18(15)19(26)24(14-7-5-4-6-8-14)21(27)23(20)13-17(25)28-2/h4-8H,3,9-13H2,1-2H3/p+1. The van der Waals surface area contributed by atoms with E-state index in [0.717, 1.165) is 42.9 Å². The molecule has 0 aliphatic carbocycles. The minimum Gasteiger partial charge on any atom is -0.468 e. The summed E-state index contributed by atoms with van der Waals surface area (Å²) in [4.78, 5) is 41.9. The van der Waals surface area contributed by atoms with Crippen molar-refractivity contribution in [2.24, 2.45) is 0 Å². The van der Waals surface area contributed by atoms with Gasteiger partial charge < -0.3 is 9.64 Å². The highest BCUT2D eigenvalue weighted by atomic mass is 32.1. The van der Waals surface area contributed by atoms with E-state index in [1.165, 1.54) is 32.5 Å². The predicted octanol–water partition coefficient (Wildman–Crippen LogP) is 0.738. The maximum absolute atomic E-state index is 13.4. The molecule has 0 fully saturated rings. The number of methoxy groups -OCH3 is 1. The average molecular weight is 415 g/mol. The Bertz CT molecular complexity index is 1180. The lowest BCUT2D eigenvalue weighted by atomic mass is 10.1. The number of hydrogen-bond acceptors (Lipinski definition) is 5. The molecule has 2 aromatic heterocycles. The van der Waals surface area contributed by atoms with Gasteiger partial charge in [0.05, 0.1) is 36.2 Å². The number of aromatic nitrogens is 2. The predicted molar refractivity (Wildman–Crippen MR) is 112 cm³/mol. The number of fused-ring (bicyclic) bond motifs is 3. The van der Waals surface area contributed by atoms with E-state index in [2.05, 4.69) is 6.92 Å². The van der Waals surface area contributed by atoms with Crippen molar-refractivity contribution >= 4 is 27.5 Å². The molecular weight excluding hydrogens is 390 g/mol. The number of thiophene rings is 1. The van der Waals surface area contributed by atoms with Gasteiger partial charge in [-0.05, 0) is 24.1 Å². The third kappa shape index (κ3) is 3.42. The minimum atomic E-state index is -0.518. The van der Waals surface area contributed by atoms with Crippen molar-refractivity contribution in [1.82, 2.24) is 9.13 Å². The van der Waals surface area contributed by atoms with Gasteiger partial charge in [0.15, 0.2) is 0 Å². The number of rotatable bonds is 5. The van der Waals surface area contributed by atoms with Gasteiger partial charge in [0.2, 0.25) is 0 Å². The van der Waals surface area contributed by atoms with Crippen LogP contribution in [-0.4, -0.2) is 35.3 Å². The second-order valence-electron chi connectivity index (χ2n) is 7.28. The van der Waals surface area contributed by atoms with Gasteiger partial charge >= 0.3 is 11.7 Å². The van der Waals surface area contributed by atoms with Gasteiger partial charge in [-0.25, -0.2) is 9.36 Å². The van der Waals surface area contributed by atoms with Gasteiger partial charge in [-0.2, -0.15) is 0 Å². The monoisotopic (exact) mass is 414 g/mol. The Morgan fingerprint density at radius 1 is 1.24 bits per heavy atom. The first kappa shape index (κ1) is 19.6. The first-order valence-electron chi connectivity index (χ1n) is 9.81. The number of benzene rings is 1. The summed E-state index contributed by atoms with van der Waals surface area (Å²) in [6, 6.07) is 8.85. The van der Waals surface area contributed by atoms with Crippen LogP contribution in [-0.2, 0) is 29.0 Å². The summed E-state index contributed by atoms with van der Waals surface area (Å²) in [5, 5.41) is 0.563. The number of para-hydroxylation sites is 1. The fourth-order valence-electron chi connectivity index (χ4n) is 4.04. The zero-order chi connectivity index (χ0) is 20.5. The van der Waals surface area contributed by atoms with Crippen molar-refractivity contribution in [2.45, 2.75) is 32.9 Å². The Hall–Kier alpha value is -2.71. The van der Waals surface area contributed by atoms with Crippen LogP contribution in [0.1, 0.15) is 23.8 Å². The molecule has 1 unspecified atom stereocenters. The Morgan fingerprint density at radius 2 is 2.00 bits per heavy atom. The first-order chi connectivity index (χ1) is 14.0. The van der Waals surface area contributed by atoms with Gasteiger partial charge in [0.25, 0.3) is 5.56 Å². The number of esters is 1. The largest absolute Gasteiger partial charge is 0.468 e. The smallest absolute Gasteiger partial charge is 0.337 e. The second kappa shape index (κ2) is 7.96. The van der Waals surface area contributed by atoms with Crippen molar-refractivity contribution in [3.63, 3.8) is 0 Å². The summed E-state index contributed by atoms with van der Waals surface area (Å²) in [6.45, 7) is 4.84. The Balaban J connectivity index is 2.00. The van der Waals surface area contributed by atoms with Crippen LogP contribution >= 0.6 is 11.3 Å². The molecule has 3 aromatic rings. The molecule has 0 radical (unpaired) electrons. The van der Waals surface area contributed by atoms with Gasteiger partial charge in [0, 0.05) is 6.42 Å².